The molecule has 0 aliphatic heterocycles. The zero-order valence-corrected chi connectivity index (χ0v) is 12.8. The van der Waals surface area contributed by atoms with E-state index >= 15 is 0 Å². The van der Waals surface area contributed by atoms with Crippen molar-refractivity contribution in [2.75, 3.05) is 0 Å². The summed E-state index contributed by atoms with van der Waals surface area (Å²) < 4.78 is 11.9. The van der Waals surface area contributed by atoms with Gasteiger partial charge in [0, 0.05) is 5.41 Å². The second-order valence-corrected chi connectivity index (χ2v) is 6.14. The van der Waals surface area contributed by atoms with Gasteiger partial charge in [-0.1, -0.05) is 38.1 Å². The molecule has 0 N–H and O–H groups in total. The minimum atomic E-state index is -0.108. The zero-order valence-electron chi connectivity index (χ0n) is 10.6. The molecule has 0 amide bonds. The summed E-state index contributed by atoms with van der Waals surface area (Å²) in [4.78, 5) is 4.32. The molecule has 0 bridgehead atoms. The van der Waals surface area contributed by atoms with Gasteiger partial charge in [-0.25, -0.2) is 0 Å². The lowest BCUT2D eigenvalue weighted by molar-refractivity contribution is 0.240. The van der Waals surface area contributed by atoms with Crippen LogP contribution in [0.4, 0.5) is 0 Å². The van der Waals surface area contributed by atoms with Crippen molar-refractivity contribution in [1.82, 2.24) is 10.1 Å². The van der Waals surface area contributed by atoms with Crippen LogP contribution in [0, 0.1) is 3.57 Å². The topological polar surface area (TPSA) is 48.2 Å². The highest BCUT2D eigenvalue weighted by molar-refractivity contribution is 14.1. The maximum absolute atomic E-state index is 5.65. The first-order chi connectivity index (χ1) is 8.47. The van der Waals surface area contributed by atoms with Crippen molar-refractivity contribution in [3.8, 4) is 5.75 Å². The second-order valence-electron chi connectivity index (χ2n) is 4.98. The highest BCUT2D eigenvalue weighted by atomic mass is 127. The first-order valence-electron chi connectivity index (χ1n) is 5.67. The summed E-state index contributed by atoms with van der Waals surface area (Å²) in [6.45, 7) is 6.43. The smallest absolute Gasteiger partial charge is 0.264 e. The van der Waals surface area contributed by atoms with Crippen molar-refractivity contribution in [2.24, 2.45) is 0 Å². The summed E-state index contributed by atoms with van der Waals surface area (Å²) in [5, 5.41) is 3.95. The number of hydrogen-bond donors (Lipinski definition) is 0. The van der Waals surface area contributed by atoms with Gasteiger partial charge in [-0.05, 0) is 34.7 Å². The summed E-state index contributed by atoms with van der Waals surface area (Å²) in [6, 6.07) is 7.82. The SMILES string of the molecule is CC(C)(C)c1noc(COc2ccccc2I)n1. The van der Waals surface area contributed by atoms with E-state index in [0.717, 1.165) is 9.32 Å². The third kappa shape index (κ3) is 3.22. The van der Waals surface area contributed by atoms with Crippen LogP contribution in [-0.2, 0) is 12.0 Å². The lowest BCUT2D eigenvalue weighted by atomic mass is 9.96. The van der Waals surface area contributed by atoms with Crippen LogP contribution in [0.5, 0.6) is 5.75 Å². The van der Waals surface area contributed by atoms with Crippen LogP contribution in [0.3, 0.4) is 0 Å². The van der Waals surface area contributed by atoms with E-state index in [1.807, 2.05) is 45.0 Å². The average molecular weight is 358 g/mol. The predicted molar refractivity (Wildman–Crippen MR) is 76.5 cm³/mol. The third-order valence-corrected chi connectivity index (χ3v) is 3.22. The Morgan fingerprint density at radius 3 is 2.61 bits per heavy atom. The number of nitrogens with zero attached hydrogens (tertiary/aromatic N) is 2. The number of aromatic nitrogens is 2. The van der Waals surface area contributed by atoms with Crippen LogP contribution in [0.25, 0.3) is 0 Å². The molecule has 0 spiro atoms. The van der Waals surface area contributed by atoms with E-state index in [2.05, 4.69) is 32.7 Å². The fourth-order valence-electron chi connectivity index (χ4n) is 1.32. The molecular formula is C13H15IN2O2. The van der Waals surface area contributed by atoms with Gasteiger partial charge in [0.2, 0.25) is 0 Å². The Kier molecular flexibility index (Phi) is 3.89. The summed E-state index contributed by atoms with van der Waals surface area (Å²) in [5.74, 6) is 2.03. The highest BCUT2D eigenvalue weighted by Gasteiger charge is 2.21. The Morgan fingerprint density at radius 1 is 1.28 bits per heavy atom. The molecule has 0 atom stereocenters. The van der Waals surface area contributed by atoms with Crippen LogP contribution in [0.2, 0.25) is 0 Å². The summed E-state index contributed by atoms with van der Waals surface area (Å²) in [7, 11) is 0. The molecule has 0 fully saturated rings. The molecule has 2 aromatic rings. The van der Waals surface area contributed by atoms with Gasteiger partial charge in [-0.3, -0.25) is 0 Å². The Bertz CT molecular complexity index is 532. The Hall–Kier alpha value is -1.11. The summed E-state index contributed by atoms with van der Waals surface area (Å²) in [5.41, 5.74) is -0.108. The van der Waals surface area contributed by atoms with Gasteiger partial charge in [0.1, 0.15) is 5.75 Å². The quantitative estimate of drug-likeness (QED) is 0.788. The van der Waals surface area contributed by atoms with Gasteiger partial charge in [0.15, 0.2) is 12.4 Å². The molecule has 0 aliphatic rings. The highest BCUT2D eigenvalue weighted by Crippen LogP contribution is 2.22. The van der Waals surface area contributed by atoms with Crippen LogP contribution < -0.4 is 4.74 Å². The molecule has 2 rings (SSSR count). The maximum atomic E-state index is 5.65. The monoisotopic (exact) mass is 358 g/mol. The Labute approximate surface area is 120 Å². The Morgan fingerprint density at radius 2 is 2.00 bits per heavy atom. The molecule has 0 unspecified atom stereocenters. The van der Waals surface area contributed by atoms with Crippen molar-refractivity contribution in [3.63, 3.8) is 0 Å². The third-order valence-electron chi connectivity index (χ3n) is 2.33. The Balaban J connectivity index is 2.03. The summed E-state index contributed by atoms with van der Waals surface area (Å²) in [6.07, 6.45) is 0. The lowest BCUT2D eigenvalue weighted by Gasteiger charge is -2.10. The van der Waals surface area contributed by atoms with Crippen molar-refractivity contribution in [2.45, 2.75) is 32.8 Å². The fourth-order valence-corrected chi connectivity index (χ4v) is 1.86. The van der Waals surface area contributed by atoms with Crippen LogP contribution in [-0.4, -0.2) is 10.1 Å². The molecule has 0 saturated heterocycles. The standard InChI is InChI=1S/C13H15IN2O2/c1-13(2,3)12-15-11(18-16-12)8-17-10-7-5-4-6-9(10)14/h4-7H,8H2,1-3H3. The molecule has 1 aromatic heterocycles. The van der Waals surface area contributed by atoms with E-state index in [1.165, 1.54) is 0 Å². The molecular weight excluding hydrogens is 343 g/mol. The predicted octanol–water partition coefficient (Wildman–Crippen LogP) is 3.55. The van der Waals surface area contributed by atoms with Crippen molar-refractivity contribution in [1.29, 1.82) is 0 Å². The first kappa shape index (κ1) is 13.3. The van der Waals surface area contributed by atoms with E-state index in [1.54, 1.807) is 0 Å². The van der Waals surface area contributed by atoms with Gasteiger partial charge in [0.05, 0.1) is 3.57 Å². The molecule has 0 radical (unpaired) electrons. The van der Waals surface area contributed by atoms with Crippen molar-refractivity contribution in [3.05, 3.63) is 39.6 Å². The molecule has 4 nitrogen and oxygen atoms in total. The largest absolute Gasteiger partial charge is 0.483 e. The molecule has 96 valence electrons. The van der Waals surface area contributed by atoms with Gasteiger partial charge in [-0.2, -0.15) is 4.98 Å². The number of ether oxygens (including phenoxy) is 1. The number of para-hydroxylation sites is 1. The van der Waals surface area contributed by atoms with Crippen LogP contribution in [0.15, 0.2) is 28.8 Å². The molecule has 0 aliphatic carbocycles. The van der Waals surface area contributed by atoms with E-state index in [-0.39, 0.29) is 5.41 Å². The van der Waals surface area contributed by atoms with E-state index in [0.29, 0.717) is 18.3 Å². The van der Waals surface area contributed by atoms with Gasteiger partial charge < -0.3 is 9.26 Å². The number of halogens is 1. The van der Waals surface area contributed by atoms with Crippen LogP contribution >= 0.6 is 22.6 Å². The van der Waals surface area contributed by atoms with Gasteiger partial charge in [0.25, 0.3) is 5.89 Å². The molecule has 5 heteroatoms. The van der Waals surface area contributed by atoms with Gasteiger partial charge in [-0.15, -0.1) is 0 Å². The van der Waals surface area contributed by atoms with Crippen LogP contribution in [0.1, 0.15) is 32.5 Å². The minimum Gasteiger partial charge on any atom is -0.483 e. The maximum Gasteiger partial charge on any atom is 0.264 e. The normalized spacial score (nSPS) is 11.6. The molecule has 1 heterocycles. The van der Waals surface area contributed by atoms with E-state index in [9.17, 15) is 0 Å². The number of hydrogen-bond acceptors (Lipinski definition) is 4. The van der Waals surface area contributed by atoms with E-state index < -0.39 is 0 Å². The van der Waals surface area contributed by atoms with Gasteiger partial charge >= 0.3 is 0 Å². The van der Waals surface area contributed by atoms with E-state index in [4.69, 9.17) is 9.26 Å². The number of benzene rings is 1. The molecule has 18 heavy (non-hydrogen) atoms. The average Bonchev–Trinajstić information content (AvgIpc) is 2.76. The van der Waals surface area contributed by atoms with Crippen molar-refractivity contribution < 1.29 is 9.26 Å². The first-order valence-corrected chi connectivity index (χ1v) is 6.75. The minimum absolute atomic E-state index is 0.108. The molecule has 0 saturated carbocycles. The van der Waals surface area contributed by atoms with Crippen molar-refractivity contribution >= 4 is 22.6 Å². The zero-order chi connectivity index (χ0) is 13.2. The second kappa shape index (κ2) is 5.26. The number of rotatable bonds is 3. The molecule has 1 aromatic carbocycles. The summed E-state index contributed by atoms with van der Waals surface area (Å²) >= 11 is 2.23. The fraction of sp³-hybridized carbons (Fsp3) is 0.385. The lowest BCUT2D eigenvalue weighted by Crippen LogP contribution is -2.13.